The Morgan fingerprint density at radius 3 is 2.57 bits per heavy atom. The van der Waals surface area contributed by atoms with E-state index in [-0.39, 0.29) is 23.1 Å². The molecule has 0 saturated carbocycles. The van der Waals surface area contributed by atoms with Crippen molar-refractivity contribution in [3.05, 3.63) is 35.6 Å². The monoisotopic (exact) mass is 259 g/mol. The highest BCUT2D eigenvalue weighted by molar-refractivity contribution is 9.09. The van der Waals surface area contributed by atoms with E-state index in [0.29, 0.717) is 0 Å². The van der Waals surface area contributed by atoms with Crippen LogP contribution in [0.2, 0.25) is 0 Å². The van der Waals surface area contributed by atoms with E-state index in [2.05, 4.69) is 21.2 Å². The Balaban J connectivity index is 2.65. The Morgan fingerprint density at radius 1 is 1.50 bits per heavy atom. The van der Waals surface area contributed by atoms with Crippen molar-refractivity contribution < 1.29 is 9.18 Å². The van der Waals surface area contributed by atoms with Crippen LogP contribution in [-0.4, -0.2) is 11.2 Å². The third-order valence-corrected chi connectivity index (χ3v) is 2.38. The third-order valence-electron chi connectivity index (χ3n) is 1.87. The van der Waals surface area contributed by atoms with Crippen LogP contribution in [0.25, 0.3) is 0 Å². The molecule has 0 aromatic heterocycles. The van der Waals surface area contributed by atoms with Gasteiger partial charge in [-0.25, -0.2) is 4.39 Å². The van der Waals surface area contributed by atoms with Crippen LogP contribution in [0.4, 0.5) is 4.39 Å². The van der Waals surface area contributed by atoms with Crippen LogP contribution in [0.1, 0.15) is 18.5 Å². The van der Waals surface area contributed by atoms with Gasteiger partial charge in [-0.2, -0.15) is 0 Å². The number of rotatable bonds is 3. The van der Waals surface area contributed by atoms with Crippen molar-refractivity contribution in [2.75, 3.05) is 5.33 Å². The summed E-state index contributed by atoms with van der Waals surface area (Å²) in [5, 5.41) is 3.03. The number of benzene rings is 1. The highest BCUT2D eigenvalue weighted by atomic mass is 79.9. The molecule has 0 radical (unpaired) electrons. The maximum absolute atomic E-state index is 12.6. The second-order valence-electron chi connectivity index (χ2n) is 2.97. The van der Waals surface area contributed by atoms with Gasteiger partial charge in [-0.05, 0) is 24.6 Å². The Morgan fingerprint density at radius 2 is 2.07 bits per heavy atom. The molecule has 0 unspecified atom stereocenters. The molecule has 1 atom stereocenters. The summed E-state index contributed by atoms with van der Waals surface area (Å²) in [6.07, 6.45) is 0. The molecule has 1 N–H and O–H groups in total. The zero-order valence-electron chi connectivity index (χ0n) is 7.76. The predicted octanol–water partition coefficient (Wildman–Crippen LogP) is 2.40. The Hall–Kier alpha value is -0.900. The number of hydrogen-bond donors (Lipinski definition) is 1. The number of carbonyl (C=O) groups excluding carboxylic acids is 1. The lowest BCUT2D eigenvalue weighted by Crippen LogP contribution is -2.27. The summed E-state index contributed by atoms with van der Waals surface area (Å²) in [4.78, 5) is 11.0. The fourth-order valence-corrected chi connectivity index (χ4v) is 1.28. The second-order valence-corrected chi connectivity index (χ2v) is 3.54. The number of nitrogens with one attached hydrogen (secondary N) is 1. The molecule has 1 amide bonds. The van der Waals surface area contributed by atoms with E-state index >= 15 is 0 Å². The van der Waals surface area contributed by atoms with Crippen molar-refractivity contribution in [2.24, 2.45) is 0 Å². The van der Waals surface area contributed by atoms with Crippen molar-refractivity contribution >= 4 is 21.8 Å². The molecule has 1 aromatic carbocycles. The Labute approximate surface area is 90.6 Å². The molecular formula is C10H11BrFNO. The van der Waals surface area contributed by atoms with Crippen molar-refractivity contribution in [3.63, 3.8) is 0 Å². The van der Waals surface area contributed by atoms with E-state index in [0.717, 1.165) is 5.56 Å². The highest BCUT2D eigenvalue weighted by Crippen LogP contribution is 2.12. The average molecular weight is 260 g/mol. The van der Waals surface area contributed by atoms with Gasteiger partial charge in [0.05, 0.1) is 11.4 Å². The maximum Gasteiger partial charge on any atom is 0.231 e. The molecule has 4 heteroatoms. The molecule has 0 heterocycles. The van der Waals surface area contributed by atoms with E-state index in [9.17, 15) is 9.18 Å². The second kappa shape index (κ2) is 5.10. The zero-order valence-corrected chi connectivity index (χ0v) is 9.34. The molecule has 0 spiro atoms. The number of amides is 1. The first-order chi connectivity index (χ1) is 6.63. The smallest absolute Gasteiger partial charge is 0.231 e. The van der Waals surface area contributed by atoms with Gasteiger partial charge in [0.25, 0.3) is 0 Å². The van der Waals surface area contributed by atoms with E-state index in [1.807, 2.05) is 6.92 Å². The molecule has 0 aliphatic rings. The fourth-order valence-electron chi connectivity index (χ4n) is 1.11. The van der Waals surface area contributed by atoms with Gasteiger partial charge in [-0.15, -0.1) is 0 Å². The van der Waals surface area contributed by atoms with E-state index in [1.54, 1.807) is 12.1 Å². The molecule has 1 aromatic rings. The standard InChI is InChI=1S/C10H11BrFNO/c1-7(13-10(14)6-11)8-2-4-9(12)5-3-8/h2-5,7H,6H2,1H3,(H,13,14)/t7-/m1/s1. The van der Waals surface area contributed by atoms with Gasteiger partial charge in [0, 0.05) is 0 Å². The predicted molar refractivity (Wildman–Crippen MR) is 56.8 cm³/mol. The normalized spacial score (nSPS) is 12.2. The molecule has 0 saturated heterocycles. The molecule has 0 aliphatic carbocycles. The van der Waals surface area contributed by atoms with Gasteiger partial charge < -0.3 is 5.32 Å². The number of halogens is 2. The van der Waals surface area contributed by atoms with Gasteiger partial charge in [-0.1, -0.05) is 28.1 Å². The molecule has 14 heavy (non-hydrogen) atoms. The Bertz CT molecular complexity index is 312. The number of hydrogen-bond acceptors (Lipinski definition) is 1. The van der Waals surface area contributed by atoms with Crippen molar-refractivity contribution in [2.45, 2.75) is 13.0 Å². The molecule has 76 valence electrons. The van der Waals surface area contributed by atoms with Crippen LogP contribution >= 0.6 is 15.9 Å². The molecule has 0 fully saturated rings. The molecule has 0 bridgehead atoms. The molecular weight excluding hydrogens is 249 g/mol. The SMILES string of the molecule is C[C@@H](NC(=O)CBr)c1ccc(F)cc1. The lowest BCUT2D eigenvalue weighted by atomic mass is 10.1. The summed E-state index contributed by atoms with van der Waals surface area (Å²) in [7, 11) is 0. The minimum atomic E-state index is -0.271. The number of carbonyl (C=O) groups is 1. The highest BCUT2D eigenvalue weighted by Gasteiger charge is 2.07. The number of alkyl halides is 1. The first-order valence-electron chi connectivity index (χ1n) is 4.24. The van der Waals surface area contributed by atoms with Crippen LogP contribution in [0.3, 0.4) is 0 Å². The van der Waals surface area contributed by atoms with Crippen LogP contribution in [-0.2, 0) is 4.79 Å². The van der Waals surface area contributed by atoms with Crippen molar-refractivity contribution in [3.8, 4) is 0 Å². The summed E-state index contributed by atoms with van der Waals surface area (Å²) in [6.45, 7) is 1.85. The summed E-state index contributed by atoms with van der Waals surface area (Å²) in [6, 6.07) is 5.99. The maximum atomic E-state index is 12.6. The quantitative estimate of drug-likeness (QED) is 0.831. The van der Waals surface area contributed by atoms with Gasteiger partial charge in [0.15, 0.2) is 0 Å². The first kappa shape index (κ1) is 11.2. The van der Waals surface area contributed by atoms with Gasteiger partial charge in [-0.3, -0.25) is 4.79 Å². The van der Waals surface area contributed by atoms with E-state index < -0.39 is 0 Å². The van der Waals surface area contributed by atoms with Crippen LogP contribution in [0.15, 0.2) is 24.3 Å². The van der Waals surface area contributed by atoms with Crippen LogP contribution in [0, 0.1) is 5.82 Å². The van der Waals surface area contributed by atoms with Gasteiger partial charge in [0.1, 0.15) is 5.82 Å². The summed E-state index contributed by atoms with van der Waals surface area (Å²) in [5.41, 5.74) is 0.890. The molecule has 0 aliphatic heterocycles. The summed E-state index contributed by atoms with van der Waals surface area (Å²) in [5.74, 6) is -0.352. The van der Waals surface area contributed by atoms with Crippen molar-refractivity contribution in [1.29, 1.82) is 0 Å². The van der Waals surface area contributed by atoms with Crippen LogP contribution in [0.5, 0.6) is 0 Å². The topological polar surface area (TPSA) is 29.1 Å². The van der Waals surface area contributed by atoms with Gasteiger partial charge in [0.2, 0.25) is 5.91 Å². The lowest BCUT2D eigenvalue weighted by molar-refractivity contribution is -0.119. The molecule has 1 rings (SSSR count). The largest absolute Gasteiger partial charge is 0.349 e. The van der Waals surface area contributed by atoms with E-state index in [4.69, 9.17) is 0 Å². The minimum absolute atomic E-state index is 0.0816. The average Bonchev–Trinajstić information content (AvgIpc) is 2.18. The summed E-state index contributed by atoms with van der Waals surface area (Å²) < 4.78 is 12.6. The summed E-state index contributed by atoms with van der Waals surface area (Å²) >= 11 is 3.06. The minimum Gasteiger partial charge on any atom is -0.349 e. The van der Waals surface area contributed by atoms with Crippen molar-refractivity contribution in [1.82, 2.24) is 5.32 Å². The Kier molecular flexibility index (Phi) is 4.07. The molecule has 2 nitrogen and oxygen atoms in total. The van der Waals surface area contributed by atoms with Crippen LogP contribution < -0.4 is 5.32 Å². The fraction of sp³-hybridized carbons (Fsp3) is 0.300. The third kappa shape index (κ3) is 3.10. The first-order valence-corrected chi connectivity index (χ1v) is 5.36. The zero-order chi connectivity index (χ0) is 10.6. The van der Waals surface area contributed by atoms with E-state index in [1.165, 1.54) is 12.1 Å². The lowest BCUT2D eigenvalue weighted by Gasteiger charge is -2.12. The van der Waals surface area contributed by atoms with Gasteiger partial charge >= 0.3 is 0 Å².